The summed E-state index contributed by atoms with van der Waals surface area (Å²) in [5.74, 6) is 1.53. The van der Waals surface area contributed by atoms with E-state index in [1.54, 1.807) is 30.3 Å². The molecule has 0 saturated heterocycles. The first-order chi connectivity index (χ1) is 9.15. The number of allylic oxidation sites excluding steroid dienone is 2. The highest BCUT2D eigenvalue weighted by Crippen LogP contribution is 2.21. The Labute approximate surface area is 113 Å². The van der Waals surface area contributed by atoms with Crippen LogP contribution in [0.3, 0.4) is 0 Å². The third-order valence-corrected chi connectivity index (χ3v) is 2.54. The van der Waals surface area contributed by atoms with Gasteiger partial charge in [0.1, 0.15) is 11.5 Å². The van der Waals surface area contributed by atoms with E-state index in [1.165, 1.54) is 0 Å². The van der Waals surface area contributed by atoms with E-state index in [4.69, 9.17) is 4.74 Å². The van der Waals surface area contributed by atoms with Gasteiger partial charge in [0.25, 0.3) is 0 Å². The zero-order chi connectivity index (χ0) is 13.7. The summed E-state index contributed by atoms with van der Waals surface area (Å²) in [5.41, 5.74) is 1.66. The summed E-state index contributed by atoms with van der Waals surface area (Å²) < 4.78 is 5.67. The van der Waals surface area contributed by atoms with Gasteiger partial charge in [-0.2, -0.15) is 0 Å². The molecular formula is C17H16O2. The maximum Gasteiger partial charge on any atom is 0.185 e. The van der Waals surface area contributed by atoms with Gasteiger partial charge in [-0.1, -0.05) is 23.8 Å². The summed E-state index contributed by atoms with van der Waals surface area (Å²) in [5, 5.41) is 0. The standard InChI is InChI=1S/C17H16O2/c1-13(2)12-17(18)14-8-10-16(11-9-14)19-15-6-4-3-5-7-15/h3-12H,1-2H3. The van der Waals surface area contributed by atoms with Crippen molar-refractivity contribution in [2.24, 2.45) is 0 Å². The molecule has 2 heteroatoms. The van der Waals surface area contributed by atoms with Crippen LogP contribution in [-0.4, -0.2) is 5.78 Å². The van der Waals surface area contributed by atoms with Crippen molar-refractivity contribution >= 4 is 5.78 Å². The van der Waals surface area contributed by atoms with Gasteiger partial charge in [0.05, 0.1) is 0 Å². The summed E-state index contributed by atoms with van der Waals surface area (Å²) in [4.78, 5) is 11.8. The molecule has 0 aliphatic rings. The topological polar surface area (TPSA) is 26.3 Å². The normalized spacial score (nSPS) is 9.79. The number of para-hydroxylation sites is 1. The van der Waals surface area contributed by atoms with E-state index in [0.29, 0.717) is 5.56 Å². The van der Waals surface area contributed by atoms with Gasteiger partial charge in [-0.15, -0.1) is 0 Å². The average molecular weight is 252 g/mol. The van der Waals surface area contributed by atoms with Gasteiger partial charge in [0.15, 0.2) is 5.78 Å². The zero-order valence-electron chi connectivity index (χ0n) is 11.1. The van der Waals surface area contributed by atoms with Gasteiger partial charge in [-0.25, -0.2) is 0 Å². The van der Waals surface area contributed by atoms with Gasteiger partial charge in [0, 0.05) is 5.56 Å². The molecule has 0 heterocycles. The molecule has 0 radical (unpaired) electrons. The fourth-order valence-corrected chi connectivity index (χ4v) is 1.66. The second kappa shape index (κ2) is 6.01. The molecule has 0 saturated carbocycles. The molecular weight excluding hydrogens is 236 g/mol. The largest absolute Gasteiger partial charge is 0.457 e. The molecule has 0 amide bonds. The third kappa shape index (κ3) is 3.81. The molecule has 0 aliphatic carbocycles. The van der Waals surface area contributed by atoms with Crippen LogP contribution in [0.5, 0.6) is 11.5 Å². The average Bonchev–Trinajstić information content (AvgIpc) is 2.40. The van der Waals surface area contributed by atoms with Gasteiger partial charge in [-0.3, -0.25) is 4.79 Å². The first-order valence-electron chi connectivity index (χ1n) is 6.17. The second-order valence-electron chi connectivity index (χ2n) is 4.53. The van der Waals surface area contributed by atoms with Gasteiger partial charge in [0.2, 0.25) is 0 Å². The Balaban J connectivity index is 2.11. The number of benzene rings is 2. The molecule has 0 aliphatic heterocycles. The molecule has 0 N–H and O–H groups in total. The van der Waals surface area contributed by atoms with E-state index in [0.717, 1.165) is 17.1 Å². The Hall–Kier alpha value is -2.35. The van der Waals surface area contributed by atoms with Crippen LogP contribution < -0.4 is 4.74 Å². The smallest absolute Gasteiger partial charge is 0.185 e. The summed E-state index contributed by atoms with van der Waals surface area (Å²) in [7, 11) is 0. The van der Waals surface area contributed by atoms with Crippen molar-refractivity contribution in [1.82, 2.24) is 0 Å². The van der Waals surface area contributed by atoms with Crippen LogP contribution in [0.2, 0.25) is 0 Å². The Morgan fingerprint density at radius 3 is 2.05 bits per heavy atom. The van der Waals surface area contributed by atoms with Crippen molar-refractivity contribution in [2.45, 2.75) is 13.8 Å². The summed E-state index contributed by atoms with van der Waals surface area (Å²) >= 11 is 0. The number of ketones is 1. The first-order valence-corrected chi connectivity index (χ1v) is 6.17. The lowest BCUT2D eigenvalue weighted by molar-refractivity contribution is 0.104. The predicted molar refractivity (Wildman–Crippen MR) is 76.7 cm³/mol. The SMILES string of the molecule is CC(C)=CC(=O)c1ccc(Oc2ccccc2)cc1. The molecule has 0 bridgehead atoms. The lowest BCUT2D eigenvalue weighted by Gasteiger charge is -2.05. The van der Waals surface area contributed by atoms with Crippen molar-refractivity contribution in [3.8, 4) is 11.5 Å². The Kier molecular flexibility index (Phi) is 4.14. The number of hydrogen-bond donors (Lipinski definition) is 0. The van der Waals surface area contributed by atoms with E-state index in [9.17, 15) is 4.79 Å². The molecule has 0 spiro atoms. The number of rotatable bonds is 4. The van der Waals surface area contributed by atoms with E-state index >= 15 is 0 Å². The highest BCUT2D eigenvalue weighted by Gasteiger charge is 2.03. The van der Waals surface area contributed by atoms with Crippen LogP contribution in [0.25, 0.3) is 0 Å². The van der Waals surface area contributed by atoms with E-state index in [1.807, 2.05) is 44.2 Å². The van der Waals surface area contributed by atoms with Crippen molar-refractivity contribution in [3.63, 3.8) is 0 Å². The van der Waals surface area contributed by atoms with Crippen molar-refractivity contribution in [2.75, 3.05) is 0 Å². The molecule has 0 fully saturated rings. The van der Waals surface area contributed by atoms with Gasteiger partial charge >= 0.3 is 0 Å². The van der Waals surface area contributed by atoms with E-state index < -0.39 is 0 Å². The van der Waals surface area contributed by atoms with Crippen molar-refractivity contribution in [1.29, 1.82) is 0 Å². The number of carbonyl (C=O) groups is 1. The molecule has 0 aromatic heterocycles. The molecule has 19 heavy (non-hydrogen) atoms. The number of ether oxygens (including phenoxy) is 1. The zero-order valence-corrected chi connectivity index (χ0v) is 11.1. The van der Waals surface area contributed by atoms with Crippen LogP contribution in [0.4, 0.5) is 0 Å². The Morgan fingerprint density at radius 1 is 0.895 bits per heavy atom. The molecule has 0 unspecified atom stereocenters. The maximum atomic E-state index is 11.8. The maximum absolute atomic E-state index is 11.8. The van der Waals surface area contributed by atoms with Crippen molar-refractivity contribution < 1.29 is 9.53 Å². The van der Waals surface area contributed by atoms with Gasteiger partial charge in [-0.05, 0) is 56.3 Å². The van der Waals surface area contributed by atoms with Crippen LogP contribution in [0.15, 0.2) is 66.2 Å². The first kappa shape index (κ1) is 13.1. The van der Waals surface area contributed by atoms with E-state index in [-0.39, 0.29) is 5.78 Å². The minimum atomic E-state index is 0.0197. The van der Waals surface area contributed by atoms with Crippen LogP contribution >= 0.6 is 0 Å². The lowest BCUT2D eigenvalue weighted by atomic mass is 10.1. The summed E-state index contributed by atoms with van der Waals surface area (Å²) in [6.07, 6.45) is 1.63. The fourth-order valence-electron chi connectivity index (χ4n) is 1.66. The minimum Gasteiger partial charge on any atom is -0.457 e. The van der Waals surface area contributed by atoms with Crippen LogP contribution in [0.1, 0.15) is 24.2 Å². The molecule has 2 aromatic carbocycles. The highest BCUT2D eigenvalue weighted by atomic mass is 16.5. The monoisotopic (exact) mass is 252 g/mol. The van der Waals surface area contributed by atoms with Crippen LogP contribution in [0, 0.1) is 0 Å². The minimum absolute atomic E-state index is 0.0197. The fraction of sp³-hybridized carbons (Fsp3) is 0.118. The Bertz CT molecular complexity index is 576. The lowest BCUT2D eigenvalue weighted by Crippen LogP contribution is -1.95. The number of carbonyl (C=O) groups excluding carboxylic acids is 1. The summed E-state index contributed by atoms with van der Waals surface area (Å²) in [6.45, 7) is 3.82. The predicted octanol–water partition coefficient (Wildman–Crippen LogP) is 4.63. The molecule has 2 rings (SSSR count). The van der Waals surface area contributed by atoms with E-state index in [2.05, 4.69) is 0 Å². The molecule has 0 atom stereocenters. The second-order valence-corrected chi connectivity index (χ2v) is 4.53. The molecule has 2 aromatic rings. The number of hydrogen-bond acceptors (Lipinski definition) is 2. The quantitative estimate of drug-likeness (QED) is 0.586. The van der Waals surface area contributed by atoms with Gasteiger partial charge < -0.3 is 4.74 Å². The Morgan fingerprint density at radius 2 is 1.47 bits per heavy atom. The molecule has 96 valence electrons. The highest BCUT2D eigenvalue weighted by molar-refractivity contribution is 6.04. The third-order valence-electron chi connectivity index (χ3n) is 2.54. The van der Waals surface area contributed by atoms with Crippen LogP contribution in [-0.2, 0) is 0 Å². The summed E-state index contributed by atoms with van der Waals surface area (Å²) in [6, 6.07) is 16.7. The van der Waals surface area contributed by atoms with Crippen molar-refractivity contribution in [3.05, 3.63) is 71.8 Å². The molecule has 2 nitrogen and oxygen atoms in total.